The van der Waals surface area contributed by atoms with Crippen LogP contribution in [0.15, 0.2) is 36.7 Å². The van der Waals surface area contributed by atoms with Crippen molar-refractivity contribution in [1.82, 2.24) is 19.4 Å². The third-order valence-corrected chi connectivity index (χ3v) is 4.73. The first-order chi connectivity index (χ1) is 12.7. The number of imidazole rings is 1. The van der Waals surface area contributed by atoms with E-state index in [0.29, 0.717) is 5.75 Å². The summed E-state index contributed by atoms with van der Waals surface area (Å²) < 4.78 is 12.8. The van der Waals surface area contributed by atoms with Crippen molar-refractivity contribution in [3.63, 3.8) is 0 Å². The van der Waals surface area contributed by atoms with Crippen LogP contribution in [0.3, 0.4) is 0 Å². The highest BCUT2D eigenvalue weighted by Gasteiger charge is 2.21. The van der Waals surface area contributed by atoms with Gasteiger partial charge in [-0.15, -0.1) is 0 Å². The second-order valence-corrected chi connectivity index (χ2v) is 6.35. The molecule has 2 aromatic rings. The molecule has 1 aromatic heterocycles. The van der Waals surface area contributed by atoms with E-state index < -0.39 is 0 Å². The Morgan fingerprint density at radius 3 is 2.38 bits per heavy atom. The van der Waals surface area contributed by atoms with Gasteiger partial charge in [-0.2, -0.15) is 0 Å². The number of benzene rings is 1. The van der Waals surface area contributed by atoms with Gasteiger partial charge in [0, 0.05) is 51.7 Å². The van der Waals surface area contributed by atoms with Crippen molar-refractivity contribution in [2.24, 2.45) is 0 Å². The molecule has 1 fully saturated rings. The molecule has 1 saturated heterocycles. The van der Waals surface area contributed by atoms with Crippen molar-refractivity contribution in [2.45, 2.75) is 13.5 Å². The molecule has 2 heterocycles. The second-order valence-electron chi connectivity index (χ2n) is 6.35. The number of aromatic nitrogens is 2. The molecule has 1 aliphatic rings. The standard InChI is InChI=1S/C19H26N4O3/c1-16-20-7-8-22(16)12-9-21-10-13-23(14-11-21)19(24)15-26-18-5-3-17(25-2)4-6-18/h3-8H,9-15H2,1-2H3. The number of hydrogen-bond acceptors (Lipinski definition) is 5. The average molecular weight is 358 g/mol. The van der Waals surface area contributed by atoms with Crippen molar-refractivity contribution >= 4 is 5.91 Å². The fourth-order valence-corrected chi connectivity index (χ4v) is 3.02. The van der Waals surface area contributed by atoms with Crippen LogP contribution in [-0.2, 0) is 11.3 Å². The number of ether oxygens (including phenoxy) is 2. The van der Waals surface area contributed by atoms with Crippen LogP contribution in [0.25, 0.3) is 0 Å². The Kier molecular flexibility index (Phi) is 6.12. The normalized spacial score (nSPS) is 15.1. The number of carbonyl (C=O) groups excluding carboxylic acids is 1. The van der Waals surface area contributed by atoms with Gasteiger partial charge in [-0.3, -0.25) is 9.69 Å². The summed E-state index contributed by atoms with van der Waals surface area (Å²) in [4.78, 5) is 20.8. The van der Waals surface area contributed by atoms with Crippen molar-refractivity contribution in [3.8, 4) is 11.5 Å². The van der Waals surface area contributed by atoms with Crippen molar-refractivity contribution in [2.75, 3.05) is 46.4 Å². The van der Waals surface area contributed by atoms with Crippen LogP contribution in [0.4, 0.5) is 0 Å². The van der Waals surface area contributed by atoms with Crippen LogP contribution < -0.4 is 9.47 Å². The maximum Gasteiger partial charge on any atom is 0.260 e. The van der Waals surface area contributed by atoms with E-state index in [-0.39, 0.29) is 12.5 Å². The summed E-state index contributed by atoms with van der Waals surface area (Å²) in [7, 11) is 1.62. The van der Waals surface area contributed by atoms with E-state index in [1.54, 1.807) is 7.11 Å². The van der Waals surface area contributed by atoms with Crippen molar-refractivity contribution in [1.29, 1.82) is 0 Å². The lowest BCUT2D eigenvalue weighted by Crippen LogP contribution is -2.50. The Bertz CT molecular complexity index is 706. The zero-order valence-electron chi connectivity index (χ0n) is 15.4. The van der Waals surface area contributed by atoms with Crippen LogP contribution in [0.5, 0.6) is 11.5 Å². The average Bonchev–Trinajstić information content (AvgIpc) is 3.10. The molecule has 1 amide bonds. The minimum atomic E-state index is 0.0333. The van der Waals surface area contributed by atoms with E-state index in [4.69, 9.17) is 9.47 Å². The molecule has 0 unspecified atom stereocenters. The van der Waals surface area contributed by atoms with Crippen molar-refractivity contribution in [3.05, 3.63) is 42.5 Å². The van der Waals surface area contributed by atoms with E-state index >= 15 is 0 Å². The van der Waals surface area contributed by atoms with Gasteiger partial charge in [-0.05, 0) is 31.2 Å². The molecule has 0 atom stereocenters. The van der Waals surface area contributed by atoms with Crippen LogP contribution >= 0.6 is 0 Å². The molecule has 0 aliphatic carbocycles. The Labute approximate surface area is 154 Å². The van der Waals surface area contributed by atoms with Gasteiger partial charge in [0.1, 0.15) is 17.3 Å². The Hall–Kier alpha value is -2.54. The summed E-state index contributed by atoms with van der Waals surface area (Å²) >= 11 is 0. The number of amides is 1. The van der Waals surface area contributed by atoms with Crippen LogP contribution in [0.2, 0.25) is 0 Å². The molecule has 7 nitrogen and oxygen atoms in total. The van der Waals surface area contributed by atoms with Gasteiger partial charge in [0.25, 0.3) is 5.91 Å². The summed E-state index contributed by atoms with van der Waals surface area (Å²) in [6.45, 7) is 7.26. The molecule has 0 radical (unpaired) electrons. The molecule has 1 aromatic carbocycles. The van der Waals surface area contributed by atoms with Gasteiger partial charge >= 0.3 is 0 Å². The molecule has 140 valence electrons. The highest BCUT2D eigenvalue weighted by atomic mass is 16.5. The summed E-state index contributed by atoms with van der Waals surface area (Å²) in [6.07, 6.45) is 3.83. The summed E-state index contributed by atoms with van der Waals surface area (Å²) in [5, 5.41) is 0. The number of rotatable bonds is 7. The number of nitrogens with zero attached hydrogens (tertiary/aromatic N) is 4. The van der Waals surface area contributed by atoms with E-state index in [0.717, 1.165) is 50.8 Å². The lowest BCUT2D eigenvalue weighted by molar-refractivity contribution is -0.135. The smallest absolute Gasteiger partial charge is 0.260 e. The Balaban J connectivity index is 1.38. The largest absolute Gasteiger partial charge is 0.497 e. The fourth-order valence-electron chi connectivity index (χ4n) is 3.02. The maximum absolute atomic E-state index is 12.3. The zero-order chi connectivity index (χ0) is 18.4. The van der Waals surface area contributed by atoms with Crippen molar-refractivity contribution < 1.29 is 14.3 Å². The maximum atomic E-state index is 12.3. The molecule has 7 heteroatoms. The van der Waals surface area contributed by atoms with Gasteiger partial charge in [-0.1, -0.05) is 0 Å². The Morgan fingerprint density at radius 1 is 1.08 bits per heavy atom. The predicted molar refractivity (Wildman–Crippen MR) is 98.5 cm³/mol. The fraction of sp³-hybridized carbons (Fsp3) is 0.474. The van der Waals surface area contributed by atoms with E-state index in [1.165, 1.54) is 0 Å². The first kappa shape index (κ1) is 18.3. The highest BCUT2D eigenvalue weighted by molar-refractivity contribution is 5.77. The molecule has 3 rings (SSSR count). The number of carbonyl (C=O) groups is 1. The minimum Gasteiger partial charge on any atom is -0.497 e. The SMILES string of the molecule is COc1ccc(OCC(=O)N2CCN(CCn3ccnc3C)CC2)cc1. The lowest BCUT2D eigenvalue weighted by atomic mass is 10.3. The van der Waals surface area contributed by atoms with Gasteiger partial charge in [0.2, 0.25) is 0 Å². The van der Waals surface area contributed by atoms with E-state index in [2.05, 4.69) is 14.5 Å². The molecule has 26 heavy (non-hydrogen) atoms. The molecule has 1 aliphatic heterocycles. The molecule has 0 bridgehead atoms. The zero-order valence-corrected chi connectivity index (χ0v) is 15.4. The lowest BCUT2D eigenvalue weighted by Gasteiger charge is -2.34. The molecule has 0 saturated carbocycles. The van der Waals surface area contributed by atoms with Gasteiger partial charge in [-0.25, -0.2) is 4.98 Å². The van der Waals surface area contributed by atoms with Gasteiger partial charge in [0.05, 0.1) is 7.11 Å². The number of methoxy groups -OCH3 is 1. The predicted octanol–water partition coefficient (Wildman–Crippen LogP) is 1.42. The number of aryl methyl sites for hydroxylation is 1. The van der Waals surface area contributed by atoms with E-state index in [9.17, 15) is 4.79 Å². The Morgan fingerprint density at radius 2 is 1.77 bits per heavy atom. The van der Waals surface area contributed by atoms with Gasteiger partial charge < -0.3 is 18.9 Å². The monoisotopic (exact) mass is 358 g/mol. The minimum absolute atomic E-state index is 0.0333. The molecule has 0 spiro atoms. The summed E-state index contributed by atoms with van der Waals surface area (Å²) in [5.41, 5.74) is 0. The van der Waals surface area contributed by atoms with E-state index in [1.807, 2.05) is 48.5 Å². The summed E-state index contributed by atoms with van der Waals surface area (Å²) in [6, 6.07) is 7.26. The van der Waals surface area contributed by atoms with Crippen LogP contribution in [0, 0.1) is 6.92 Å². The second kappa shape index (κ2) is 8.71. The first-order valence-corrected chi connectivity index (χ1v) is 8.90. The first-order valence-electron chi connectivity index (χ1n) is 8.90. The molecular weight excluding hydrogens is 332 g/mol. The van der Waals surface area contributed by atoms with Crippen LogP contribution in [0.1, 0.15) is 5.82 Å². The third kappa shape index (κ3) is 4.76. The number of piperazine rings is 1. The van der Waals surface area contributed by atoms with Gasteiger partial charge in [0.15, 0.2) is 6.61 Å². The summed E-state index contributed by atoms with van der Waals surface area (Å²) in [5.74, 6) is 2.51. The highest BCUT2D eigenvalue weighted by Crippen LogP contribution is 2.17. The quantitative estimate of drug-likeness (QED) is 0.749. The topological polar surface area (TPSA) is 59.8 Å². The third-order valence-electron chi connectivity index (χ3n) is 4.73. The molecular formula is C19H26N4O3. The number of hydrogen-bond donors (Lipinski definition) is 0. The van der Waals surface area contributed by atoms with Crippen LogP contribution in [-0.4, -0.2) is 71.7 Å². The molecule has 0 N–H and O–H groups in total.